The third kappa shape index (κ3) is 3.41. The van der Waals surface area contributed by atoms with Crippen LogP contribution >= 0.6 is 22.6 Å². The maximum atomic E-state index is 11.1. The topological polar surface area (TPSA) is 55.8 Å². The third-order valence-electron chi connectivity index (χ3n) is 2.70. The summed E-state index contributed by atoms with van der Waals surface area (Å²) in [4.78, 5) is 11.1. The van der Waals surface area contributed by atoms with E-state index in [2.05, 4.69) is 0 Å². The average molecular weight is 384 g/mol. The van der Waals surface area contributed by atoms with E-state index in [0.717, 1.165) is 5.56 Å². The molecule has 0 saturated carbocycles. The predicted molar refractivity (Wildman–Crippen MR) is 83.4 cm³/mol. The molecule has 0 atom stereocenters. The van der Waals surface area contributed by atoms with Crippen molar-refractivity contribution in [3.8, 4) is 11.5 Å². The quantitative estimate of drug-likeness (QED) is 0.801. The van der Waals surface area contributed by atoms with Crippen molar-refractivity contribution in [2.75, 3.05) is 7.11 Å². The van der Waals surface area contributed by atoms with Crippen LogP contribution in [0.3, 0.4) is 0 Å². The minimum absolute atomic E-state index is 0.179. The number of benzene rings is 2. The number of methoxy groups -OCH3 is 1. The number of halogens is 1. The van der Waals surface area contributed by atoms with Crippen LogP contribution in [0.2, 0.25) is 0 Å². The van der Waals surface area contributed by atoms with Gasteiger partial charge in [-0.3, -0.25) is 0 Å². The van der Waals surface area contributed by atoms with Gasteiger partial charge in [-0.05, 0) is 40.3 Å². The first-order chi connectivity index (χ1) is 9.61. The minimum atomic E-state index is -0.991. The zero-order valence-corrected chi connectivity index (χ0v) is 13.0. The number of aromatic carboxylic acids is 1. The first-order valence-corrected chi connectivity index (χ1v) is 6.97. The summed E-state index contributed by atoms with van der Waals surface area (Å²) in [6.45, 7) is 0.357. The molecular weight excluding hydrogens is 371 g/mol. The van der Waals surface area contributed by atoms with E-state index in [-0.39, 0.29) is 5.56 Å². The summed E-state index contributed by atoms with van der Waals surface area (Å²) >= 11 is 2.03. The van der Waals surface area contributed by atoms with Crippen molar-refractivity contribution in [2.24, 2.45) is 0 Å². The Kier molecular flexibility index (Phi) is 4.84. The molecule has 0 radical (unpaired) electrons. The smallest absolute Gasteiger partial charge is 0.335 e. The Morgan fingerprint density at radius 3 is 2.55 bits per heavy atom. The van der Waals surface area contributed by atoms with Gasteiger partial charge in [0.15, 0.2) is 11.5 Å². The molecule has 1 N–H and O–H groups in total. The van der Waals surface area contributed by atoms with Crippen molar-refractivity contribution in [1.82, 2.24) is 0 Å². The molecule has 0 aromatic heterocycles. The first-order valence-electron chi connectivity index (χ1n) is 5.89. The molecule has 2 aromatic rings. The lowest BCUT2D eigenvalue weighted by Gasteiger charge is -2.13. The number of rotatable bonds is 5. The molecule has 2 aromatic carbocycles. The highest BCUT2D eigenvalue weighted by atomic mass is 127. The van der Waals surface area contributed by atoms with Crippen molar-refractivity contribution in [2.45, 2.75) is 6.61 Å². The van der Waals surface area contributed by atoms with Gasteiger partial charge in [0, 0.05) is 0 Å². The third-order valence-corrected chi connectivity index (χ3v) is 3.50. The molecule has 0 amide bonds. The van der Waals surface area contributed by atoms with Crippen molar-refractivity contribution in [3.05, 3.63) is 57.2 Å². The fourth-order valence-corrected chi connectivity index (χ4v) is 2.55. The first kappa shape index (κ1) is 14.6. The molecule has 0 saturated heterocycles. The monoisotopic (exact) mass is 384 g/mol. The summed E-state index contributed by atoms with van der Waals surface area (Å²) in [6, 6.07) is 12.7. The van der Waals surface area contributed by atoms with E-state index in [9.17, 15) is 4.79 Å². The van der Waals surface area contributed by atoms with Gasteiger partial charge in [-0.2, -0.15) is 0 Å². The molecular formula is C15H13IO4. The molecule has 0 bridgehead atoms. The summed E-state index contributed by atoms with van der Waals surface area (Å²) in [5.74, 6) is -0.0117. The number of hydrogen-bond donors (Lipinski definition) is 1. The van der Waals surface area contributed by atoms with Gasteiger partial charge in [-0.1, -0.05) is 30.3 Å². The number of hydrogen-bond acceptors (Lipinski definition) is 3. The second-order valence-corrected chi connectivity index (χ2v) is 5.23. The second kappa shape index (κ2) is 6.60. The zero-order valence-electron chi connectivity index (χ0n) is 10.8. The SMILES string of the molecule is COc1c(I)cc(C(=O)O)cc1OCc1ccccc1. The molecule has 0 aliphatic rings. The van der Waals surface area contributed by atoms with Crippen molar-refractivity contribution >= 4 is 28.6 Å². The van der Waals surface area contributed by atoms with E-state index in [1.54, 1.807) is 6.07 Å². The van der Waals surface area contributed by atoms with Crippen LogP contribution in [-0.2, 0) is 6.61 Å². The molecule has 5 heteroatoms. The lowest BCUT2D eigenvalue weighted by atomic mass is 10.2. The van der Waals surface area contributed by atoms with E-state index >= 15 is 0 Å². The number of carboxylic acid groups (broad SMARTS) is 1. The van der Waals surface area contributed by atoms with Crippen LogP contribution < -0.4 is 9.47 Å². The van der Waals surface area contributed by atoms with Gasteiger partial charge in [-0.15, -0.1) is 0 Å². The fraction of sp³-hybridized carbons (Fsp3) is 0.133. The fourth-order valence-electron chi connectivity index (χ4n) is 1.73. The zero-order chi connectivity index (χ0) is 14.5. The van der Waals surface area contributed by atoms with Gasteiger partial charge in [0.1, 0.15) is 6.61 Å². The number of carbonyl (C=O) groups is 1. The molecule has 0 fully saturated rings. The molecule has 20 heavy (non-hydrogen) atoms. The van der Waals surface area contributed by atoms with Gasteiger partial charge in [0.05, 0.1) is 16.2 Å². The van der Waals surface area contributed by atoms with Crippen LogP contribution in [0.1, 0.15) is 15.9 Å². The lowest BCUT2D eigenvalue weighted by Crippen LogP contribution is -2.03. The van der Waals surface area contributed by atoms with E-state index in [1.165, 1.54) is 13.2 Å². The minimum Gasteiger partial charge on any atom is -0.492 e. The highest BCUT2D eigenvalue weighted by Gasteiger charge is 2.14. The van der Waals surface area contributed by atoms with Crippen LogP contribution in [0.4, 0.5) is 0 Å². The van der Waals surface area contributed by atoms with Crippen LogP contribution in [0.5, 0.6) is 11.5 Å². The van der Waals surface area contributed by atoms with Crippen molar-refractivity contribution < 1.29 is 19.4 Å². The van der Waals surface area contributed by atoms with Crippen molar-refractivity contribution in [1.29, 1.82) is 0 Å². The summed E-state index contributed by atoms with van der Waals surface area (Å²) < 4.78 is 11.7. The van der Waals surface area contributed by atoms with Crippen LogP contribution in [0, 0.1) is 3.57 Å². The Bertz CT molecular complexity index is 611. The molecule has 0 heterocycles. The Labute approximate surface area is 130 Å². The Morgan fingerprint density at radius 1 is 1.25 bits per heavy atom. The van der Waals surface area contributed by atoms with E-state index < -0.39 is 5.97 Å². The maximum absolute atomic E-state index is 11.1. The average Bonchev–Trinajstić information content (AvgIpc) is 2.45. The lowest BCUT2D eigenvalue weighted by molar-refractivity contribution is 0.0696. The van der Waals surface area contributed by atoms with Gasteiger partial charge >= 0.3 is 5.97 Å². The largest absolute Gasteiger partial charge is 0.492 e. The summed E-state index contributed by atoms with van der Waals surface area (Å²) in [5, 5.41) is 9.08. The summed E-state index contributed by atoms with van der Waals surface area (Å²) in [7, 11) is 1.54. The van der Waals surface area contributed by atoms with Crippen LogP contribution in [0.25, 0.3) is 0 Å². The Hall–Kier alpha value is -1.76. The Morgan fingerprint density at radius 2 is 1.95 bits per heavy atom. The molecule has 104 valence electrons. The van der Waals surface area contributed by atoms with E-state index in [1.807, 2.05) is 52.9 Å². The highest BCUT2D eigenvalue weighted by Crippen LogP contribution is 2.34. The summed E-state index contributed by atoms with van der Waals surface area (Å²) in [6.07, 6.45) is 0. The molecule has 0 aliphatic carbocycles. The van der Waals surface area contributed by atoms with Crippen LogP contribution in [-0.4, -0.2) is 18.2 Å². The predicted octanol–water partition coefficient (Wildman–Crippen LogP) is 3.58. The molecule has 0 spiro atoms. The van der Waals surface area contributed by atoms with Gasteiger partial charge in [0.2, 0.25) is 0 Å². The number of carboxylic acids is 1. The molecule has 0 unspecified atom stereocenters. The second-order valence-electron chi connectivity index (χ2n) is 4.07. The van der Waals surface area contributed by atoms with E-state index in [4.69, 9.17) is 14.6 Å². The molecule has 4 nitrogen and oxygen atoms in total. The maximum Gasteiger partial charge on any atom is 0.335 e. The Balaban J connectivity index is 2.27. The molecule has 2 rings (SSSR count). The van der Waals surface area contributed by atoms with E-state index in [0.29, 0.717) is 21.7 Å². The highest BCUT2D eigenvalue weighted by molar-refractivity contribution is 14.1. The molecule has 0 aliphatic heterocycles. The normalized spacial score (nSPS) is 10.1. The summed E-state index contributed by atoms with van der Waals surface area (Å²) in [5.41, 5.74) is 1.18. The van der Waals surface area contributed by atoms with Crippen LogP contribution in [0.15, 0.2) is 42.5 Å². The van der Waals surface area contributed by atoms with Gasteiger partial charge < -0.3 is 14.6 Å². The van der Waals surface area contributed by atoms with Crippen molar-refractivity contribution in [3.63, 3.8) is 0 Å². The van der Waals surface area contributed by atoms with Gasteiger partial charge in [0.25, 0.3) is 0 Å². The standard InChI is InChI=1S/C15H13IO4/c1-19-14-12(16)7-11(15(17)18)8-13(14)20-9-10-5-3-2-4-6-10/h2-8H,9H2,1H3,(H,17,18). The number of ether oxygens (including phenoxy) is 2. The van der Waals surface area contributed by atoms with Gasteiger partial charge in [-0.25, -0.2) is 4.79 Å².